The van der Waals surface area contributed by atoms with E-state index in [0.29, 0.717) is 19.8 Å². The van der Waals surface area contributed by atoms with Crippen molar-refractivity contribution >= 4 is 11.7 Å². The molecule has 0 fully saturated rings. The molecule has 1 unspecified atom stereocenters. The Labute approximate surface area is 95.8 Å². The molecule has 6 nitrogen and oxygen atoms in total. The number of amidine groups is 1. The molecule has 0 radical (unpaired) electrons. The van der Waals surface area contributed by atoms with Gasteiger partial charge in [-0.15, -0.1) is 0 Å². The first-order chi connectivity index (χ1) is 7.54. The van der Waals surface area contributed by atoms with Crippen molar-refractivity contribution in [3.8, 4) is 0 Å². The van der Waals surface area contributed by atoms with E-state index >= 15 is 0 Å². The maximum atomic E-state index is 11.7. The summed E-state index contributed by atoms with van der Waals surface area (Å²) < 4.78 is 5.09. The van der Waals surface area contributed by atoms with Crippen molar-refractivity contribution in [2.45, 2.75) is 20.8 Å². The van der Waals surface area contributed by atoms with Gasteiger partial charge in [-0.25, -0.2) is 0 Å². The Hall–Kier alpha value is -1.30. The van der Waals surface area contributed by atoms with Crippen LogP contribution in [-0.2, 0) is 9.53 Å². The van der Waals surface area contributed by atoms with Gasteiger partial charge in [-0.2, -0.15) is 0 Å². The molecule has 0 aliphatic heterocycles. The smallest absolute Gasteiger partial charge is 0.231 e. The summed E-state index contributed by atoms with van der Waals surface area (Å²) in [6.45, 7) is 7.06. The van der Waals surface area contributed by atoms with Gasteiger partial charge >= 0.3 is 0 Å². The quantitative estimate of drug-likeness (QED) is 0.191. The second kappa shape index (κ2) is 7.92. The largest absolute Gasteiger partial charge is 0.409 e. The van der Waals surface area contributed by atoms with Gasteiger partial charge in [0.05, 0.1) is 6.61 Å². The van der Waals surface area contributed by atoms with Crippen LogP contribution in [0, 0.1) is 11.8 Å². The van der Waals surface area contributed by atoms with E-state index in [-0.39, 0.29) is 17.7 Å². The van der Waals surface area contributed by atoms with Gasteiger partial charge in [0.25, 0.3) is 0 Å². The molecule has 0 aromatic carbocycles. The number of hydrogen-bond acceptors (Lipinski definition) is 4. The average Bonchev–Trinajstić information content (AvgIpc) is 2.23. The Morgan fingerprint density at radius 2 is 2.19 bits per heavy atom. The molecule has 0 saturated heterocycles. The van der Waals surface area contributed by atoms with E-state index in [1.807, 2.05) is 20.8 Å². The van der Waals surface area contributed by atoms with Crippen LogP contribution in [0.25, 0.3) is 0 Å². The predicted octanol–water partition coefficient (Wildman–Crippen LogP) is 0.158. The molecular weight excluding hydrogens is 210 g/mol. The van der Waals surface area contributed by atoms with Gasteiger partial charge in [-0.05, 0) is 12.8 Å². The third-order valence-electron chi connectivity index (χ3n) is 2.13. The Kier molecular flexibility index (Phi) is 7.28. The van der Waals surface area contributed by atoms with E-state index in [4.69, 9.17) is 15.7 Å². The zero-order chi connectivity index (χ0) is 12.6. The lowest BCUT2D eigenvalue weighted by Gasteiger charge is -2.18. The summed E-state index contributed by atoms with van der Waals surface area (Å²) in [7, 11) is 0. The molecule has 1 amide bonds. The fraction of sp³-hybridized carbons (Fsp3) is 0.800. The summed E-state index contributed by atoms with van der Waals surface area (Å²) in [5.41, 5.74) is 5.46. The maximum absolute atomic E-state index is 11.7. The highest BCUT2D eigenvalue weighted by atomic mass is 16.5. The van der Waals surface area contributed by atoms with E-state index in [1.165, 1.54) is 0 Å². The highest BCUT2D eigenvalue weighted by Crippen LogP contribution is 2.10. The van der Waals surface area contributed by atoms with Gasteiger partial charge in [0.15, 0.2) is 5.84 Å². The Morgan fingerprint density at radius 1 is 1.56 bits per heavy atom. The lowest BCUT2D eigenvalue weighted by Crippen LogP contribution is -2.42. The molecule has 4 N–H and O–H groups in total. The van der Waals surface area contributed by atoms with E-state index in [0.717, 1.165) is 0 Å². The van der Waals surface area contributed by atoms with Crippen LogP contribution in [0.3, 0.4) is 0 Å². The minimum Gasteiger partial charge on any atom is -0.409 e. The molecule has 6 heteroatoms. The van der Waals surface area contributed by atoms with Crippen molar-refractivity contribution < 1.29 is 14.7 Å². The lowest BCUT2D eigenvalue weighted by molar-refractivity contribution is -0.124. The van der Waals surface area contributed by atoms with Crippen LogP contribution in [0.2, 0.25) is 0 Å². The highest BCUT2D eigenvalue weighted by Gasteiger charge is 2.26. The number of nitrogens with zero attached hydrogens (tertiary/aromatic N) is 1. The number of nitrogens with two attached hydrogens (primary N) is 1. The summed E-state index contributed by atoms with van der Waals surface area (Å²) in [6, 6.07) is 0. The fourth-order valence-electron chi connectivity index (χ4n) is 1.34. The number of carbonyl (C=O) groups is 1. The number of hydrogen-bond donors (Lipinski definition) is 3. The number of ether oxygens (including phenoxy) is 1. The molecule has 0 spiro atoms. The monoisotopic (exact) mass is 231 g/mol. The van der Waals surface area contributed by atoms with Gasteiger partial charge in [0.2, 0.25) is 5.91 Å². The third kappa shape index (κ3) is 4.97. The Morgan fingerprint density at radius 3 is 2.62 bits per heavy atom. The van der Waals surface area contributed by atoms with Crippen LogP contribution in [0.1, 0.15) is 20.8 Å². The molecule has 0 saturated carbocycles. The molecule has 1 atom stereocenters. The molecule has 94 valence electrons. The van der Waals surface area contributed by atoms with Crippen molar-refractivity contribution in [3.05, 3.63) is 0 Å². The van der Waals surface area contributed by atoms with E-state index in [2.05, 4.69) is 10.5 Å². The first-order valence-corrected chi connectivity index (χ1v) is 5.37. The van der Waals surface area contributed by atoms with Crippen molar-refractivity contribution in [3.63, 3.8) is 0 Å². The number of oxime groups is 1. The topological polar surface area (TPSA) is 96.9 Å². The molecule has 16 heavy (non-hydrogen) atoms. The Bertz CT molecular complexity index is 241. The van der Waals surface area contributed by atoms with Crippen molar-refractivity contribution in [1.82, 2.24) is 5.32 Å². The highest BCUT2D eigenvalue weighted by molar-refractivity contribution is 6.02. The number of carbonyl (C=O) groups excluding carboxylic acids is 1. The summed E-state index contributed by atoms with van der Waals surface area (Å²) in [5.74, 6) is -0.941. The number of nitrogens with one attached hydrogen (secondary N) is 1. The van der Waals surface area contributed by atoms with Gasteiger partial charge in [0.1, 0.15) is 5.92 Å². The summed E-state index contributed by atoms with van der Waals surface area (Å²) in [6.07, 6.45) is 0. The number of rotatable bonds is 7. The number of amides is 1. The second-order valence-corrected chi connectivity index (χ2v) is 3.73. The average molecular weight is 231 g/mol. The minimum atomic E-state index is -0.605. The summed E-state index contributed by atoms with van der Waals surface area (Å²) in [4.78, 5) is 11.7. The van der Waals surface area contributed by atoms with Crippen molar-refractivity contribution in [1.29, 1.82) is 0 Å². The van der Waals surface area contributed by atoms with Crippen LogP contribution in [-0.4, -0.2) is 36.7 Å². The van der Waals surface area contributed by atoms with Crippen LogP contribution in [0.4, 0.5) is 0 Å². The third-order valence-corrected chi connectivity index (χ3v) is 2.13. The first-order valence-electron chi connectivity index (χ1n) is 5.37. The fourth-order valence-corrected chi connectivity index (χ4v) is 1.34. The zero-order valence-corrected chi connectivity index (χ0v) is 10.1. The Balaban J connectivity index is 4.19. The molecule has 0 heterocycles. The first kappa shape index (κ1) is 14.7. The molecule has 0 rings (SSSR count). The van der Waals surface area contributed by atoms with Gasteiger partial charge in [-0.1, -0.05) is 19.0 Å². The normalized spacial score (nSPS) is 13.9. The molecule has 0 aromatic heterocycles. The SMILES string of the molecule is CCOCCNC(=O)C(C(N)=NO)C(C)C. The minimum absolute atomic E-state index is 0.0250. The molecule has 0 bridgehead atoms. The molecular formula is C10H21N3O3. The van der Waals surface area contributed by atoms with Crippen LogP contribution < -0.4 is 11.1 Å². The van der Waals surface area contributed by atoms with Crippen LogP contribution >= 0.6 is 0 Å². The molecule has 0 aromatic rings. The van der Waals surface area contributed by atoms with Crippen molar-refractivity contribution in [2.24, 2.45) is 22.7 Å². The van der Waals surface area contributed by atoms with E-state index in [1.54, 1.807) is 0 Å². The summed E-state index contributed by atoms with van der Waals surface area (Å²) in [5, 5.41) is 14.1. The maximum Gasteiger partial charge on any atom is 0.231 e. The van der Waals surface area contributed by atoms with Crippen molar-refractivity contribution in [2.75, 3.05) is 19.8 Å². The van der Waals surface area contributed by atoms with E-state index in [9.17, 15) is 4.79 Å². The van der Waals surface area contributed by atoms with Gasteiger partial charge in [0, 0.05) is 13.2 Å². The predicted molar refractivity (Wildman–Crippen MR) is 61.2 cm³/mol. The standard InChI is InChI=1S/C10H21N3O3/c1-4-16-6-5-12-10(14)8(7(2)3)9(11)13-15/h7-8,15H,4-6H2,1-3H3,(H2,11,13)(H,12,14). The van der Waals surface area contributed by atoms with Crippen LogP contribution in [0.15, 0.2) is 5.16 Å². The van der Waals surface area contributed by atoms with E-state index < -0.39 is 5.92 Å². The van der Waals surface area contributed by atoms with Gasteiger partial charge < -0.3 is 21.0 Å². The summed E-state index contributed by atoms with van der Waals surface area (Å²) >= 11 is 0. The second-order valence-electron chi connectivity index (χ2n) is 3.73. The lowest BCUT2D eigenvalue weighted by atomic mass is 9.94. The molecule has 0 aliphatic rings. The van der Waals surface area contributed by atoms with Gasteiger partial charge in [-0.3, -0.25) is 4.79 Å². The van der Waals surface area contributed by atoms with Crippen LogP contribution in [0.5, 0.6) is 0 Å². The zero-order valence-electron chi connectivity index (χ0n) is 10.1. The molecule has 0 aliphatic carbocycles.